The maximum Gasteiger partial charge on any atom is 0.460 e. The van der Waals surface area contributed by atoms with Crippen LogP contribution in [0.2, 0.25) is 0 Å². The molecule has 27 heteroatoms. The van der Waals surface area contributed by atoms with Gasteiger partial charge in [-0.15, -0.1) is 0 Å². The number of carbonyl (C=O) groups is 3. The van der Waals surface area contributed by atoms with E-state index in [-0.39, 0.29) is 65.1 Å². The molecule has 1 fully saturated rings. The number of nitrogens with zero attached hydrogens (tertiary/aromatic N) is 1. The minimum absolute atomic E-state index is 0.0874. The van der Waals surface area contributed by atoms with E-state index in [0.29, 0.717) is 96.5 Å². The lowest BCUT2D eigenvalue weighted by molar-refractivity contribution is -0.440. The highest BCUT2D eigenvalue weighted by atomic mass is 19.4. The summed E-state index contributed by atoms with van der Waals surface area (Å²) >= 11 is 0. The van der Waals surface area contributed by atoms with Crippen LogP contribution in [0.1, 0.15) is 96.0 Å². The van der Waals surface area contributed by atoms with Gasteiger partial charge in [-0.1, -0.05) is 6.92 Å². The Hall–Kier alpha value is -4.23. The largest absolute Gasteiger partial charge is 0.494 e. The van der Waals surface area contributed by atoms with Crippen molar-refractivity contribution in [3.05, 3.63) is 29.8 Å². The standard InChI is InChI=1S/C48H66F13NO13/c1-2-37(40(65)74-32-17-43(49,50)44(51,52)45(53,54)46(55,56)47(57,58)48(59,60)61)38-33-42(38,41(66)75-30-4-3-29-72-36-13-11-35(34-62)12-14-36)16-15-39(64)73-31-10-28-71-27-9-26-70-25-8-24-69-23-7-22-68-21-6-20-67-19-5-18-63/h11-14,37-38,63H,2-10,15-33H2,1H3. The van der Waals surface area contributed by atoms with Crippen molar-refractivity contribution in [2.45, 2.75) is 126 Å². The first-order valence-electron chi connectivity index (χ1n) is 24.4. The number of benzene rings is 1. The van der Waals surface area contributed by atoms with Crippen LogP contribution in [0.3, 0.4) is 0 Å². The number of aliphatic hydroxyl groups excluding tert-OH is 1. The summed E-state index contributed by atoms with van der Waals surface area (Å²) in [6.45, 7) is 4.23. The topological polar surface area (TPSA) is 178 Å². The second-order valence-corrected chi connectivity index (χ2v) is 17.4. The molecule has 0 saturated heterocycles. The Morgan fingerprint density at radius 2 is 1.05 bits per heavy atom. The number of hydrogen-bond donors (Lipinski definition) is 1. The number of rotatable bonds is 43. The van der Waals surface area contributed by atoms with Crippen molar-refractivity contribution < 1.29 is 119 Å². The first-order valence-corrected chi connectivity index (χ1v) is 24.4. The predicted molar refractivity (Wildman–Crippen MR) is 237 cm³/mol. The molecule has 0 bridgehead atoms. The second kappa shape index (κ2) is 32.5. The van der Waals surface area contributed by atoms with Crippen molar-refractivity contribution >= 4 is 17.9 Å². The van der Waals surface area contributed by atoms with Crippen LogP contribution in [0, 0.1) is 28.6 Å². The van der Waals surface area contributed by atoms with Crippen LogP contribution in [-0.4, -0.2) is 158 Å². The van der Waals surface area contributed by atoms with Crippen LogP contribution >= 0.6 is 0 Å². The van der Waals surface area contributed by atoms with E-state index in [1.54, 1.807) is 12.1 Å². The van der Waals surface area contributed by atoms with E-state index >= 15 is 0 Å². The van der Waals surface area contributed by atoms with Crippen LogP contribution < -0.4 is 4.74 Å². The molecule has 1 aromatic rings. The van der Waals surface area contributed by atoms with Gasteiger partial charge in [0, 0.05) is 85.5 Å². The molecule has 1 aromatic carbocycles. The summed E-state index contributed by atoms with van der Waals surface area (Å²) in [4.78, 5) is 39.4. The van der Waals surface area contributed by atoms with E-state index in [1.807, 2.05) is 6.07 Å². The van der Waals surface area contributed by atoms with Gasteiger partial charge in [0.2, 0.25) is 0 Å². The van der Waals surface area contributed by atoms with E-state index in [1.165, 1.54) is 19.1 Å². The quantitative estimate of drug-likeness (QED) is 0.0283. The summed E-state index contributed by atoms with van der Waals surface area (Å²) < 4.78 is 225. The molecule has 0 radical (unpaired) electrons. The third kappa shape index (κ3) is 20.6. The fraction of sp³-hybridized carbons (Fsp3) is 0.792. The maximum absolute atomic E-state index is 14.4. The Balaban J connectivity index is 1.85. The smallest absolute Gasteiger partial charge is 0.460 e. The van der Waals surface area contributed by atoms with Crippen molar-refractivity contribution in [3.63, 3.8) is 0 Å². The molecular weight excluding hydrogens is 1050 g/mol. The highest BCUT2D eigenvalue weighted by Gasteiger charge is 2.90. The molecule has 3 unspecified atom stereocenters. The van der Waals surface area contributed by atoms with Gasteiger partial charge in [-0.05, 0) is 94.4 Å². The van der Waals surface area contributed by atoms with E-state index in [4.69, 9.17) is 48.3 Å². The molecule has 2 rings (SSSR count). The molecule has 3 atom stereocenters. The monoisotopic (exact) mass is 1110 g/mol. The number of nitriles is 1. The zero-order valence-corrected chi connectivity index (χ0v) is 41.5. The fourth-order valence-electron chi connectivity index (χ4n) is 7.25. The Kier molecular flexibility index (Phi) is 29.0. The Morgan fingerprint density at radius 3 is 1.52 bits per heavy atom. The minimum atomic E-state index is -8.08. The predicted octanol–water partition coefficient (Wildman–Crippen LogP) is 9.70. The van der Waals surface area contributed by atoms with Gasteiger partial charge in [0.15, 0.2) is 0 Å². The van der Waals surface area contributed by atoms with E-state index < -0.39 is 90.4 Å². The summed E-state index contributed by atoms with van der Waals surface area (Å²) in [6, 6.07) is 8.17. The van der Waals surface area contributed by atoms with Gasteiger partial charge >= 0.3 is 53.7 Å². The van der Waals surface area contributed by atoms with Gasteiger partial charge in [-0.3, -0.25) is 14.4 Å². The number of alkyl halides is 13. The van der Waals surface area contributed by atoms with Gasteiger partial charge < -0.3 is 47.7 Å². The number of hydrogen-bond acceptors (Lipinski definition) is 14. The van der Waals surface area contributed by atoms with Gasteiger partial charge in [-0.2, -0.15) is 62.3 Å². The first-order chi connectivity index (χ1) is 35.3. The molecule has 1 aliphatic rings. The number of unbranched alkanes of at least 4 members (excludes halogenated alkanes) is 1. The number of aliphatic hydroxyl groups is 1. The van der Waals surface area contributed by atoms with Crippen LogP contribution in [-0.2, 0) is 52.3 Å². The Morgan fingerprint density at radius 1 is 0.600 bits per heavy atom. The van der Waals surface area contributed by atoms with Gasteiger partial charge in [-0.25, -0.2) is 0 Å². The molecule has 0 aliphatic heterocycles. The molecule has 0 spiro atoms. The SMILES string of the molecule is CCC(C(=O)OCCC(F)(F)C(F)(F)C(F)(F)C(F)(F)C(F)(F)C(F)(F)F)C1CC1(CCC(=O)OCCCOCCCOCCCOCCCOCCCOCCCO)C(=O)OCCCCOc1ccc(C#N)cc1. The number of halogens is 13. The van der Waals surface area contributed by atoms with Crippen molar-refractivity contribution in [1.82, 2.24) is 0 Å². The van der Waals surface area contributed by atoms with Crippen LogP contribution in [0.4, 0.5) is 57.1 Å². The van der Waals surface area contributed by atoms with Crippen LogP contribution in [0.5, 0.6) is 5.75 Å². The molecule has 1 aliphatic carbocycles. The molecule has 1 saturated carbocycles. The minimum Gasteiger partial charge on any atom is -0.494 e. The third-order valence-electron chi connectivity index (χ3n) is 11.7. The highest BCUT2D eigenvalue weighted by molar-refractivity contribution is 5.84. The van der Waals surface area contributed by atoms with Crippen molar-refractivity contribution in [1.29, 1.82) is 5.26 Å². The summed E-state index contributed by atoms with van der Waals surface area (Å²) in [5.41, 5.74) is -1.19. The number of ether oxygens (including phenoxy) is 9. The third-order valence-corrected chi connectivity index (χ3v) is 11.7. The molecule has 75 heavy (non-hydrogen) atoms. The summed E-state index contributed by atoms with van der Waals surface area (Å²) in [6.07, 6.45) is -7.12. The van der Waals surface area contributed by atoms with E-state index in [2.05, 4.69) is 4.74 Å². The Labute approximate surface area is 426 Å². The van der Waals surface area contributed by atoms with Gasteiger partial charge in [0.1, 0.15) is 5.75 Å². The van der Waals surface area contributed by atoms with Crippen molar-refractivity contribution in [3.8, 4) is 11.8 Å². The lowest BCUT2D eigenvalue weighted by Crippen LogP contribution is -2.70. The number of carbonyl (C=O) groups excluding carboxylic acids is 3. The average Bonchev–Trinajstić information content (AvgIpc) is 4.09. The molecule has 14 nitrogen and oxygen atoms in total. The molecular formula is C48H66F13NO13. The zero-order valence-electron chi connectivity index (χ0n) is 41.5. The lowest BCUT2D eigenvalue weighted by Gasteiger charge is -2.39. The highest BCUT2D eigenvalue weighted by Crippen LogP contribution is 2.62. The van der Waals surface area contributed by atoms with E-state index in [9.17, 15) is 71.5 Å². The van der Waals surface area contributed by atoms with Gasteiger partial charge in [0.25, 0.3) is 0 Å². The number of esters is 3. The normalized spacial score (nSPS) is 16.8. The van der Waals surface area contributed by atoms with Gasteiger partial charge in [0.05, 0.1) is 55.8 Å². The van der Waals surface area contributed by atoms with Crippen LogP contribution in [0.25, 0.3) is 0 Å². The van der Waals surface area contributed by atoms with Crippen LogP contribution in [0.15, 0.2) is 24.3 Å². The molecule has 0 heterocycles. The summed E-state index contributed by atoms with van der Waals surface area (Å²) in [5.74, 6) is -43.2. The van der Waals surface area contributed by atoms with Crippen molar-refractivity contribution in [2.75, 3.05) is 99.1 Å². The zero-order chi connectivity index (χ0) is 56.2. The molecule has 1 N–H and O–H groups in total. The molecule has 0 aromatic heterocycles. The Bertz CT molecular complexity index is 1860. The fourth-order valence-corrected chi connectivity index (χ4v) is 7.25. The maximum atomic E-state index is 14.4. The summed E-state index contributed by atoms with van der Waals surface area (Å²) in [5, 5.41) is 17.6. The van der Waals surface area contributed by atoms with Crippen molar-refractivity contribution in [2.24, 2.45) is 17.3 Å². The van der Waals surface area contributed by atoms with E-state index in [0.717, 1.165) is 12.8 Å². The molecule has 0 amide bonds. The second-order valence-electron chi connectivity index (χ2n) is 17.4. The average molecular weight is 1110 g/mol. The lowest BCUT2D eigenvalue weighted by atomic mass is 9.89. The first kappa shape index (κ1) is 66.9. The molecule has 432 valence electrons. The summed E-state index contributed by atoms with van der Waals surface area (Å²) in [7, 11) is 0.